The number of nitrogens with zero attached hydrogens (tertiary/aromatic N) is 1. The fourth-order valence-electron chi connectivity index (χ4n) is 2.45. The Morgan fingerprint density at radius 1 is 1.32 bits per heavy atom. The maximum Gasteiger partial charge on any atom is 0.294 e. The van der Waals surface area contributed by atoms with Crippen LogP contribution in [0.25, 0.3) is 0 Å². The lowest BCUT2D eigenvalue weighted by atomic mass is 9.93. The van der Waals surface area contributed by atoms with Gasteiger partial charge in [-0.2, -0.15) is 0 Å². The summed E-state index contributed by atoms with van der Waals surface area (Å²) in [5, 5.41) is 12.7. The van der Waals surface area contributed by atoms with Gasteiger partial charge in [0.15, 0.2) is 0 Å². The molecule has 0 fully saturated rings. The zero-order valence-electron chi connectivity index (χ0n) is 13.1. The molecule has 2 aromatic rings. The highest BCUT2D eigenvalue weighted by Gasteiger charge is 2.12. The monoisotopic (exact) mass is 301 g/mol. The van der Waals surface area contributed by atoms with Crippen LogP contribution in [0.1, 0.15) is 43.4 Å². The average molecular weight is 301 g/mol. The fraction of sp³-hybridized carbons (Fsp3) is 0.412. The van der Waals surface area contributed by atoms with E-state index in [2.05, 4.69) is 34.3 Å². The topological polar surface area (TPSA) is 78.0 Å². The van der Waals surface area contributed by atoms with Crippen molar-refractivity contribution in [2.24, 2.45) is 0 Å². The van der Waals surface area contributed by atoms with Crippen LogP contribution in [0.4, 0.5) is 5.95 Å². The van der Waals surface area contributed by atoms with E-state index in [1.165, 1.54) is 5.56 Å². The van der Waals surface area contributed by atoms with Gasteiger partial charge in [-0.1, -0.05) is 50.1 Å². The molecular formula is C17H23N3O2. The Morgan fingerprint density at radius 3 is 2.68 bits per heavy atom. The van der Waals surface area contributed by atoms with E-state index in [-0.39, 0.29) is 5.75 Å². The summed E-state index contributed by atoms with van der Waals surface area (Å²) in [4.78, 5) is 18.3. The van der Waals surface area contributed by atoms with Crippen LogP contribution in [0.2, 0.25) is 0 Å². The number of anilines is 1. The highest BCUT2D eigenvalue weighted by Crippen LogP contribution is 2.22. The number of aromatic hydroxyl groups is 1. The molecule has 0 aliphatic rings. The van der Waals surface area contributed by atoms with Crippen LogP contribution in [-0.4, -0.2) is 21.6 Å². The summed E-state index contributed by atoms with van der Waals surface area (Å²) >= 11 is 0. The molecule has 5 heteroatoms. The van der Waals surface area contributed by atoms with Crippen molar-refractivity contribution in [1.29, 1.82) is 0 Å². The summed E-state index contributed by atoms with van der Waals surface area (Å²) in [6, 6.07) is 10.3. The van der Waals surface area contributed by atoms with Gasteiger partial charge in [0.25, 0.3) is 5.56 Å². The van der Waals surface area contributed by atoms with Crippen LogP contribution in [0, 0.1) is 6.92 Å². The number of unbranched alkanes of at least 4 members (excludes halogenated alkanes) is 1. The van der Waals surface area contributed by atoms with Crippen LogP contribution < -0.4 is 10.9 Å². The minimum absolute atomic E-state index is 0.323. The molecule has 22 heavy (non-hydrogen) atoms. The van der Waals surface area contributed by atoms with Crippen LogP contribution in [0.15, 0.2) is 35.1 Å². The minimum atomic E-state index is -0.514. The molecular weight excluding hydrogens is 278 g/mol. The number of aromatic amines is 1. The van der Waals surface area contributed by atoms with Gasteiger partial charge in [-0.3, -0.25) is 9.78 Å². The lowest BCUT2D eigenvalue weighted by Gasteiger charge is -2.18. The van der Waals surface area contributed by atoms with Gasteiger partial charge in [0.2, 0.25) is 11.7 Å². The Morgan fingerprint density at radius 2 is 2.05 bits per heavy atom. The summed E-state index contributed by atoms with van der Waals surface area (Å²) in [5.74, 6) is 0.439. The van der Waals surface area contributed by atoms with Crippen LogP contribution in [0.3, 0.4) is 0 Å². The molecule has 1 unspecified atom stereocenters. The zero-order valence-corrected chi connectivity index (χ0v) is 13.1. The van der Waals surface area contributed by atoms with E-state index >= 15 is 0 Å². The molecule has 1 atom stereocenters. The predicted molar refractivity (Wildman–Crippen MR) is 88.5 cm³/mol. The zero-order chi connectivity index (χ0) is 15.9. The number of hydrogen-bond donors (Lipinski definition) is 3. The van der Waals surface area contributed by atoms with Crippen LogP contribution in [0.5, 0.6) is 5.75 Å². The summed E-state index contributed by atoms with van der Waals surface area (Å²) in [6.45, 7) is 4.48. The van der Waals surface area contributed by atoms with Crippen molar-refractivity contribution >= 4 is 5.95 Å². The smallest absolute Gasteiger partial charge is 0.294 e. The van der Waals surface area contributed by atoms with Crippen molar-refractivity contribution in [3.8, 4) is 5.75 Å². The molecule has 0 saturated heterocycles. The third-order valence-electron chi connectivity index (χ3n) is 3.76. The van der Waals surface area contributed by atoms with Crippen LogP contribution in [-0.2, 0) is 0 Å². The second-order valence-electron chi connectivity index (χ2n) is 5.48. The van der Waals surface area contributed by atoms with Gasteiger partial charge in [-0.05, 0) is 18.9 Å². The number of H-pyrrole nitrogens is 1. The molecule has 2 rings (SSSR count). The molecule has 0 spiro atoms. The standard InChI is InChI=1S/C17H23N3O2/c1-3-4-8-14(13-9-6-5-7-10-13)11-18-17-19-12(2)15(21)16(22)20-17/h5-7,9-10,14,21H,3-4,8,11H2,1-2H3,(H2,18,19,20,22). The largest absolute Gasteiger partial charge is 0.502 e. The normalized spacial score (nSPS) is 12.1. The number of aryl methyl sites for hydroxylation is 1. The lowest BCUT2D eigenvalue weighted by Crippen LogP contribution is -2.18. The number of benzene rings is 1. The van der Waals surface area contributed by atoms with E-state index in [1.807, 2.05) is 18.2 Å². The first-order chi connectivity index (χ1) is 10.6. The van der Waals surface area contributed by atoms with Gasteiger partial charge in [0.1, 0.15) is 0 Å². The van der Waals surface area contributed by atoms with Gasteiger partial charge in [-0.25, -0.2) is 4.98 Å². The molecule has 1 heterocycles. The molecule has 0 radical (unpaired) electrons. The van der Waals surface area contributed by atoms with E-state index in [0.29, 0.717) is 24.1 Å². The first-order valence-electron chi connectivity index (χ1n) is 7.70. The summed E-state index contributed by atoms with van der Waals surface area (Å²) < 4.78 is 0. The number of aromatic nitrogens is 2. The molecule has 0 aliphatic heterocycles. The maximum atomic E-state index is 11.6. The molecule has 0 bridgehead atoms. The lowest BCUT2D eigenvalue weighted by molar-refractivity contribution is 0.458. The highest BCUT2D eigenvalue weighted by molar-refractivity contribution is 5.33. The molecule has 118 valence electrons. The second-order valence-corrected chi connectivity index (χ2v) is 5.48. The summed E-state index contributed by atoms with van der Waals surface area (Å²) in [5.41, 5.74) is 1.09. The Hall–Kier alpha value is -2.30. The van der Waals surface area contributed by atoms with Gasteiger partial charge in [-0.15, -0.1) is 0 Å². The maximum absolute atomic E-state index is 11.6. The van der Waals surface area contributed by atoms with Gasteiger partial charge >= 0.3 is 0 Å². The van der Waals surface area contributed by atoms with Gasteiger partial charge in [0.05, 0.1) is 5.69 Å². The average Bonchev–Trinajstić information content (AvgIpc) is 2.53. The molecule has 5 nitrogen and oxygen atoms in total. The third-order valence-corrected chi connectivity index (χ3v) is 3.76. The Bertz CT molecular complexity index is 653. The van der Waals surface area contributed by atoms with Crippen molar-refractivity contribution in [3.63, 3.8) is 0 Å². The summed E-state index contributed by atoms with van der Waals surface area (Å²) in [7, 11) is 0. The Labute approximate surface area is 130 Å². The van der Waals surface area contributed by atoms with Gasteiger partial charge < -0.3 is 10.4 Å². The van der Waals surface area contributed by atoms with Crippen molar-refractivity contribution in [1.82, 2.24) is 9.97 Å². The van der Waals surface area contributed by atoms with Crippen molar-refractivity contribution in [3.05, 3.63) is 51.9 Å². The predicted octanol–water partition coefficient (Wildman–Crippen LogP) is 3.17. The molecule has 0 saturated carbocycles. The molecule has 0 amide bonds. The molecule has 0 aliphatic carbocycles. The number of hydrogen-bond acceptors (Lipinski definition) is 4. The van der Waals surface area contributed by atoms with E-state index in [0.717, 1.165) is 19.3 Å². The summed E-state index contributed by atoms with van der Waals surface area (Å²) in [6.07, 6.45) is 3.38. The minimum Gasteiger partial charge on any atom is -0.502 e. The second kappa shape index (κ2) is 7.64. The van der Waals surface area contributed by atoms with E-state index in [4.69, 9.17) is 0 Å². The van der Waals surface area contributed by atoms with Crippen molar-refractivity contribution < 1.29 is 5.11 Å². The van der Waals surface area contributed by atoms with Crippen molar-refractivity contribution in [2.45, 2.75) is 39.0 Å². The van der Waals surface area contributed by atoms with Gasteiger partial charge in [0, 0.05) is 12.5 Å². The van der Waals surface area contributed by atoms with E-state index in [9.17, 15) is 9.90 Å². The number of rotatable bonds is 7. The highest BCUT2D eigenvalue weighted by atomic mass is 16.3. The fourth-order valence-corrected chi connectivity index (χ4v) is 2.45. The van der Waals surface area contributed by atoms with E-state index in [1.54, 1.807) is 6.92 Å². The van der Waals surface area contributed by atoms with E-state index < -0.39 is 5.56 Å². The molecule has 1 aromatic heterocycles. The van der Waals surface area contributed by atoms with Crippen molar-refractivity contribution in [2.75, 3.05) is 11.9 Å². The number of nitrogens with one attached hydrogen (secondary N) is 2. The SMILES string of the molecule is CCCCC(CNc1nc(C)c(O)c(=O)[nH]1)c1ccccc1. The van der Waals surface area contributed by atoms with Crippen LogP contribution >= 0.6 is 0 Å². The molecule has 3 N–H and O–H groups in total. The Balaban J connectivity index is 2.10. The quantitative estimate of drug-likeness (QED) is 0.734. The molecule has 1 aromatic carbocycles. The Kier molecular flexibility index (Phi) is 5.58. The third kappa shape index (κ3) is 4.10. The first-order valence-corrected chi connectivity index (χ1v) is 7.70. The first kappa shape index (κ1) is 16.1.